The van der Waals surface area contributed by atoms with Gasteiger partial charge in [-0.15, -0.1) is 0 Å². The fourth-order valence-electron chi connectivity index (χ4n) is 2.55. The first-order chi connectivity index (χ1) is 7.51. The highest BCUT2D eigenvalue weighted by Gasteiger charge is 2.36. The Morgan fingerprint density at radius 2 is 2.25 bits per heavy atom. The standard InChI is InChI=1S/C12H22N4/c1-8(2)10-14-11(16-15-10)12(13)6-4-5-9(3)7-12/h8-9H,4-7,13H2,1-3H3,(H,14,15,16). The first-order valence-corrected chi connectivity index (χ1v) is 6.23. The van der Waals surface area contributed by atoms with Crippen LogP contribution in [0.1, 0.15) is 64.0 Å². The first-order valence-electron chi connectivity index (χ1n) is 6.23. The van der Waals surface area contributed by atoms with Gasteiger partial charge in [0.25, 0.3) is 0 Å². The highest BCUT2D eigenvalue weighted by atomic mass is 15.2. The van der Waals surface area contributed by atoms with Gasteiger partial charge in [-0.25, -0.2) is 4.98 Å². The maximum Gasteiger partial charge on any atom is 0.170 e. The molecule has 4 nitrogen and oxygen atoms in total. The molecule has 4 heteroatoms. The summed E-state index contributed by atoms with van der Waals surface area (Å²) in [6.45, 7) is 6.48. The minimum Gasteiger partial charge on any atom is -0.319 e. The number of nitrogens with zero attached hydrogens (tertiary/aromatic N) is 2. The molecule has 2 unspecified atom stereocenters. The molecule has 0 spiro atoms. The van der Waals surface area contributed by atoms with Crippen LogP contribution in [-0.2, 0) is 5.54 Å². The van der Waals surface area contributed by atoms with Crippen molar-refractivity contribution in [3.63, 3.8) is 0 Å². The van der Waals surface area contributed by atoms with Crippen molar-refractivity contribution < 1.29 is 0 Å². The zero-order valence-electron chi connectivity index (χ0n) is 10.5. The van der Waals surface area contributed by atoms with Crippen LogP contribution in [0.3, 0.4) is 0 Å². The Morgan fingerprint density at radius 3 is 2.81 bits per heavy atom. The molecule has 1 aliphatic rings. The lowest BCUT2D eigenvalue weighted by molar-refractivity contribution is 0.228. The minimum absolute atomic E-state index is 0.304. The quantitative estimate of drug-likeness (QED) is 0.806. The lowest BCUT2D eigenvalue weighted by Crippen LogP contribution is -2.42. The number of aromatic nitrogens is 3. The topological polar surface area (TPSA) is 67.6 Å². The molecule has 1 fully saturated rings. The average molecular weight is 222 g/mol. The molecule has 0 saturated heterocycles. The van der Waals surface area contributed by atoms with E-state index in [9.17, 15) is 0 Å². The summed E-state index contributed by atoms with van der Waals surface area (Å²) in [6, 6.07) is 0. The van der Waals surface area contributed by atoms with Crippen LogP contribution >= 0.6 is 0 Å². The molecule has 16 heavy (non-hydrogen) atoms. The van der Waals surface area contributed by atoms with E-state index in [1.54, 1.807) is 0 Å². The summed E-state index contributed by atoms with van der Waals surface area (Å²) >= 11 is 0. The summed E-state index contributed by atoms with van der Waals surface area (Å²) in [5.41, 5.74) is 6.14. The van der Waals surface area contributed by atoms with E-state index >= 15 is 0 Å². The third kappa shape index (κ3) is 2.12. The number of hydrogen-bond donors (Lipinski definition) is 2. The Morgan fingerprint density at radius 1 is 1.50 bits per heavy atom. The van der Waals surface area contributed by atoms with Gasteiger partial charge in [-0.3, -0.25) is 5.10 Å². The van der Waals surface area contributed by atoms with Crippen molar-refractivity contribution in [1.29, 1.82) is 0 Å². The Kier molecular flexibility index (Phi) is 3.02. The molecule has 1 aliphatic carbocycles. The molecule has 1 heterocycles. The number of nitrogens with two attached hydrogens (primary N) is 1. The molecule has 2 rings (SSSR count). The SMILES string of the molecule is CC1CCCC(N)(c2n[nH]c(C(C)C)n2)C1. The van der Waals surface area contributed by atoms with Crippen molar-refractivity contribution in [2.75, 3.05) is 0 Å². The van der Waals surface area contributed by atoms with Crippen molar-refractivity contribution in [3.8, 4) is 0 Å². The lowest BCUT2D eigenvalue weighted by atomic mass is 9.76. The van der Waals surface area contributed by atoms with Crippen molar-refractivity contribution in [3.05, 3.63) is 11.6 Å². The van der Waals surface area contributed by atoms with Crippen LogP contribution in [0.15, 0.2) is 0 Å². The van der Waals surface area contributed by atoms with E-state index in [-0.39, 0.29) is 5.54 Å². The smallest absolute Gasteiger partial charge is 0.170 e. The predicted molar refractivity (Wildman–Crippen MR) is 64.0 cm³/mol. The van der Waals surface area contributed by atoms with Gasteiger partial charge in [0.2, 0.25) is 0 Å². The van der Waals surface area contributed by atoms with Crippen molar-refractivity contribution in [1.82, 2.24) is 15.2 Å². The molecule has 0 amide bonds. The zero-order chi connectivity index (χ0) is 11.8. The van der Waals surface area contributed by atoms with Crippen LogP contribution in [0.4, 0.5) is 0 Å². The molecule has 0 radical (unpaired) electrons. The van der Waals surface area contributed by atoms with Gasteiger partial charge in [-0.2, -0.15) is 5.10 Å². The first kappa shape index (κ1) is 11.6. The fraction of sp³-hybridized carbons (Fsp3) is 0.833. The summed E-state index contributed by atoms with van der Waals surface area (Å²) in [6.07, 6.45) is 4.47. The van der Waals surface area contributed by atoms with Gasteiger partial charge in [0.05, 0.1) is 5.54 Å². The van der Waals surface area contributed by atoms with E-state index in [0.29, 0.717) is 11.8 Å². The number of H-pyrrole nitrogens is 1. The highest BCUT2D eigenvalue weighted by Crippen LogP contribution is 2.36. The van der Waals surface area contributed by atoms with Gasteiger partial charge in [0, 0.05) is 5.92 Å². The van der Waals surface area contributed by atoms with Crippen LogP contribution in [-0.4, -0.2) is 15.2 Å². The Hall–Kier alpha value is -0.900. The van der Waals surface area contributed by atoms with Crippen LogP contribution < -0.4 is 5.73 Å². The molecule has 0 aliphatic heterocycles. The van der Waals surface area contributed by atoms with E-state index < -0.39 is 0 Å². The van der Waals surface area contributed by atoms with Crippen LogP contribution in [0, 0.1) is 5.92 Å². The number of rotatable bonds is 2. The van der Waals surface area contributed by atoms with E-state index in [2.05, 4.69) is 36.0 Å². The van der Waals surface area contributed by atoms with Crippen LogP contribution in [0.2, 0.25) is 0 Å². The van der Waals surface area contributed by atoms with E-state index in [4.69, 9.17) is 5.73 Å². The van der Waals surface area contributed by atoms with Crippen molar-refractivity contribution in [2.24, 2.45) is 11.7 Å². The van der Waals surface area contributed by atoms with E-state index in [0.717, 1.165) is 24.5 Å². The summed E-state index contributed by atoms with van der Waals surface area (Å²) in [5.74, 6) is 2.81. The molecular formula is C12H22N4. The monoisotopic (exact) mass is 222 g/mol. The third-order valence-corrected chi connectivity index (χ3v) is 3.53. The van der Waals surface area contributed by atoms with Crippen LogP contribution in [0.25, 0.3) is 0 Å². The Bertz CT molecular complexity index is 358. The van der Waals surface area contributed by atoms with Gasteiger partial charge < -0.3 is 5.73 Å². The molecule has 0 bridgehead atoms. The summed E-state index contributed by atoms with van der Waals surface area (Å²) < 4.78 is 0. The van der Waals surface area contributed by atoms with E-state index in [1.807, 2.05) is 0 Å². The second-order valence-electron chi connectivity index (χ2n) is 5.56. The van der Waals surface area contributed by atoms with Gasteiger partial charge in [0.15, 0.2) is 5.82 Å². The highest BCUT2D eigenvalue weighted by molar-refractivity contribution is 5.08. The molecule has 2 atom stereocenters. The molecule has 1 aromatic heterocycles. The lowest BCUT2D eigenvalue weighted by Gasteiger charge is -2.34. The fourth-order valence-corrected chi connectivity index (χ4v) is 2.55. The second-order valence-corrected chi connectivity index (χ2v) is 5.56. The van der Waals surface area contributed by atoms with Gasteiger partial charge >= 0.3 is 0 Å². The molecule has 90 valence electrons. The van der Waals surface area contributed by atoms with Crippen molar-refractivity contribution in [2.45, 2.75) is 57.9 Å². The summed E-state index contributed by atoms with van der Waals surface area (Å²) in [4.78, 5) is 4.55. The summed E-state index contributed by atoms with van der Waals surface area (Å²) in [7, 11) is 0. The zero-order valence-corrected chi connectivity index (χ0v) is 10.5. The maximum atomic E-state index is 6.44. The number of nitrogens with one attached hydrogen (secondary N) is 1. The maximum absolute atomic E-state index is 6.44. The van der Waals surface area contributed by atoms with Gasteiger partial charge in [-0.1, -0.05) is 33.6 Å². The Balaban J connectivity index is 2.21. The van der Waals surface area contributed by atoms with Crippen molar-refractivity contribution >= 4 is 0 Å². The van der Waals surface area contributed by atoms with Gasteiger partial charge in [-0.05, 0) is 18.8 Å². The van der Waals surface area contributed by atoms with Gasteiger partial charge in [0.1, 0.15) is 5.82 Å². The molecule has 3 N–H and O–H groups in total. The number of aromatic amines is 1. The second kappa shape index (κ2) is 4.17. The Labute approximate surface area is 97.0 Å². The molecular weight excluding hydrogens is 200 g/mol. The largest absolute Gasteiger partial charge is 0.319 e. The molecule has 1 aromatic rings. The minimum atomic E-state index is -0.304. The predicted octanol–water partition coefficient (Wildman–Crippen LogP) is 2.29. The molecule has 0 aromatic carbocycles. The third-order valence-electron chi connectivity index (χ3n) is 3.53. The van der Waals surface area contributed by atoms with Crippen LogP contribution in [0.5, 0.6) is 0 Å². The van der Waals surface area contributed by atoms with E-state index in [1.165, 1.54) is 12.8 Å². The average Bonchev–Trinajstić information content (AvgIpc) is 2.66. The molecule has 1 saturated carbocycles. The summed E-state index contributed by atoms with van der Waals surface area (Å²) in [5, 5.41) is 7.31. The number of hydrogen-bond acceptors (Lipinski definition) is 3. The normalized spacial score (nSPS) is 30.9.